The van der Waals surface area contributed by atoms with Crippen LogP contribution in [0.1, 0.15) is 11.1 Å². The van der Waals surface area contributed by atoms with Gasteiger partial charge in [0.25, 0.3) is 0 Å². The Hall–Kier alpha value is -4.65. The van der Waals surface area contributed by atoms with Crippen LogP contribution < -0.4 is 9.91 Å². The molecule has 0 heterocycles. The minimum atomic E-state index is -0.460. The van der Waals surface area contributed by atoms with Crippen molar-refractivity contribution < 1.29 is 19.1 Å². The van der Waals surface area contributed by atoms with Crippen molar-refractivity contribution in [1.82, 2.24) is 0 Å². The number of hydrogen-bond acceptors (Lipinski definition) is 7. The second-order valence-electron chi connectivity index (χ2n) is 8.01. The first-order chi connectivity index (χ1) is 18.0. The van der Waals surface area contributed by atoms with Crippen LogP contribution in [-0.4, -0.2) is 45.0 Å². The number of anilines is 3. The van der Waals surface area contributed by atoms with Crippen molar-refractivity contribution in [2.75, 3.05) is 36.7 Å². The largest absolute Gasteiger partial charge is 0.462 e. The molecule has 3 aromatic rings. The lowest BCUT2D eigenvalue weighted by atomic mass is 10.1. The fourth-order valence-corrected chi connectivity index (χ4v) is 3.48. The van der Waals surface area contributed by atoms with E-state index in [-0.39, 0.29) is 13.2 Å². The van der Waals surface area contributed by atoms with Gasteiger partial charge in [0.2, 0.25) is 0 Å². The number of carbonyl (C=O) groups is 2. The van der Waals surface area contributed by atoms with E-state index in [0.29, 0.717) is 13.0 Å². The maximum atomic E-state index is 11.5. The second-order valence-corrected chi connectivity index (χ2v) is 8.01. The van der Waals surface area contributed by atoms with Crippen LogP contribution in [0, 0.1) is 0 Å². The standard InChI is InChI=1S/C30H31N3O4/c1-4-29(34)36-21-19-24-11-15-27(16-12-24)33(20-22-37-30(35)5-2)28-17-13-25(14-18-28)23-31-32(3)26-9-7-6-8-10-26/h4-18,23H,1-2,19-22H2,3H3. The summed E-state index contributed by atoms with van der Waals surface area (Å²) in [5, 5.41) is 6.33. The fourth-order valence-electron chi connectivity index (χ4n) is 3.48. The van der Waals surface area contributed by atoms with E-state index in [9.17, 15) is 9.59 Å². The summed E-state index contributed by atoms with van der Waals surface area (Å²) in [6, 6.07) is 25.8. The van der Waals surface area contributed by atoms with E-state index in [4.69, 9.17) is 9.47 Å². The first-order valence-corrected chi connectivity index (χ1v) is 11.9. The van der Waals surface area contributed by atoms with E-state index in [1.54, 1.807) is 6.21 Å². The molecular weight excluding hydrogens is 466 g/mol. The van der Waals surface area contributed by atoms with Crippen molar-refractivity contribution >= 4 is 35.2 Å². The zero-order valence-corrected chi connectivity index (χ0v) is 21.0. The van der Waals surface area contributed by atoms with Gasteiger partial charge in [-0.05, 0) is 47.5 Å². The number of hydrazone groups is 1. The molecule has 0 fully saturated rings. The lowest BCUT2D eigenvalue weighted by Gasteiger charge is -2.25. The van der Waals surface area contributed by atoms with Crippen molar-refractivity contribution in [3.63, 3.8) is 0 Å². The van der Waals surface area contributed by atoms with E-state index in [0.717, 1.165) is 40.3 Å². The van der Waals surface area contributed by atoms with Gasteiger partial charge in [-0.25, -0.2) is 9.59 Å². The highest BCUT2D eigenvalue weighted by molar-refractivity contribution is 5.82. The van der Waals surface area contributed by atoms with Crippen molar-refractivity contribution in [3.8, 4) is 0 Å². The van der Waals surface area contributed by atoms with E-state index in [1.807, 2.05) is 90.9 Å². The predicted octanol–water partition coefficient (Wildman–Crippen LogP) is 5.30. The predicted molar refractivity (Wildman–Crippen MR) is 148 cm³/mol. The Bertz CT molecular complexity index is 1210. The Morgan fingerprint density at radius 2 is 1.35 bits per heavy atom. The highest BCUT2D eigenvalue weighted by Gasteiger charge is 2.11. The molecule has 0 saturated heterocycles. The average molecular weight is 498 g/mol. The highest BCUT2D eigenvalue weighted by atomic mass is 16.5. The van der Waals surface area contributed by atoms with Crippen LogP contribution in [-0.2, 0) is 25.5 Å². The summed E-state index contributed by atoms with van der Waals surface area (Å²) >= 11 is 0. The second kappa shape index (κ2) is 14.0. The van der Waals surface area contributed by atoms with Crippen molar-refractivity contribution in [2.24, 2.45) is 5.10 Å². The summed E-state index contributed by atoms with van der Waals surface area (Å²) < 4.78 is 10.3. The molecule has 0 amide bonds. The van der Waals surface area contributed by atoms with Crippen LogP contribution in [0.15, 0.2) is 109 Å². The highest BCUT2D eigenvalue weighted by Crippen LogP contribution is 2.26. The van der Waals surface area contributed by atoms with E-state index in [1.165, 1.54) is 0 Å². The van der Waals surface area contributed by atoms with Crippen LogP contribution in [0.4, 0.5) is 17.1 Å². The first kappa shape index (κ1) is 26.9. The van der Waals surface area contributed by atoms with Gasteiger partial charge in [-0.2, -0.15) is 5.10 Å². The van der Waals surface area contributed by atoms with Crippen LogP contribution >= 0.6 is 0 Å². The summed E-state index contributed by atoms with van der Waals surface area (Å²) in [4.78, 5) is 24.8. The number of carbonyl (C=O) groups excluding carboxylic acids is 2. The molecule has 3 aromatic carbocycles. The quantitative estimate of drug-likeness (QED) is 0.138. The Morgan fingerprint density at radius 1 is 0.784 bits per heavy atom. The Labute approximate surface area is 217 Å². The van der Waals surface area contributed by atoms with Gasteiger partial charge in [0.1, 0.15) is 6.61 Å². The van der Waals surface area contributed by atoms with E-state index in [2.05, 4.69) is 23.2 Å². The summed E-state index contributed by atoms with van der Waals surface area (Å²) in [7, 11) is 1.90. The van der Waals surface area contributed by atoms with Crippen LogP contribution in [0.2, 0.25) is 0 Å². The number of ether oxygens (including phenoxy) is 2. The number of esters is 2. The minimum Gasteiger partial charge on any atom is -0.462 e. The normalized spacial score (nSPS) is 10.5. The molecule has 0 saturated carbocycles. The van der Waals surface area contributed by atoms with Crippen LogP contribution in [0.5, 0.6) is 0 Å². The molecule has 7 heteroatoms. The van der Waals surface area contributed by atoms with Gasteiger partial charge in [0.05, 0.1) is 25.1 Å². The lowest BCUT2D eigenvalue weighted by Crippen LogP contribution is -2.23. The number of nitrogens with zero attached hydrogens (tertiary/aromatic N) is 3. The summed E-state index contributed by atoms with van der Waals surface area (Å²) in [6.45, 7) is 7.79. The molecule has 37 heavy (non-hydrogen) atoms. The maximum absolute atomic E-state index is 11.5. The third-order valence-corrected chi connectivity index (χ3v) is 5.49. The van der Waals surface area contributed by atoms with Crippen molar-refractivity contribution in [3.05, 3.63) is 115 Å². The smallest absolute Gasteiger partial charge is 0.330 e. The molecular formula is C30H31N3O4. The number of hydrogen-bond donors (Lipinski definition) is 0. The molecule has 190 valence electrons. The van der Waals surface area contributed by atoms with Crippen molar-refractivity contribution in [1.29, 1.82) is 0 Å². The minimum absolute atomic E-state index is 0.204. The topological polar surface area (TPSA) is 71.4 Å². The van der Waals surface area contributed by atoms with E-state index >= 15 is 0 Å². The average Bonchev–Trinajstić information content (AvgIpc) is 2.95. The van der Waals surface area contributed by atoms with Gasteiger partial charge in [0, 0.05) is 37.0 Å². The molecule has 0 spiro atoms. The number of benzene rings is 3. The molecule has 0 aromatic heterocycles. The Balaban J connectivity index is 1.72. The fraction of sp³-hybridized carbons (Fsp3) is 0.167. The third kappa shape index (κ3) is 8.50. The Kier molecular flexibility index (Phi) is 10.2. The molecule has 0 atom stereocenters. The summed E-state index contributed by atoms with van der Waals surface area (Å²) in [6.07, 6.45) is 4.71. The van der Waals surface area contributed by atoms with Gasteiger partial charge in [0.15, 0.2) is 0 Å². The lowest BCUT2D eigenvalue weighted by molar-refractivity contribution is -0.138. The molecule has 7 nitrogen and oxygen atoms in total. The van der Waals surface area contributed by atoms with Crippen LogP contribution in [0.3, 0.4) is 0 Å². The van der Waals surface area contributed by atoms with Gasteiger partial charge >= 0.3 is 11.9 Å². The number of para-hydroxylation sites is 1. The zero-order chi connectivity index (χ0) is 26.5. The van der Waals surface area contributed by atoms with Gasteiger partial charge in [-0.3, -0.25) is 5.01 Å². The molecule has 0 aliphatic rings. The molecule has 3 rings (SSSR count). The Morgan fingerprint density at radius 3 is 1.95 bits per heavy atom. The first-order valence-electron chi connectivity index (χ1n) is 11.9. The zero-order valence-electron chi connectivity index (χ0n) is 21.0. The monoisotopic (exact) mass is 497 g/mol. The van der Waals surface area contributed by atoms with E-state index < -0.39 is 11.9 Å². The van der Waals surface area contributed by atoms with Gasteiger partial charge in [-0.15, -0.1) is 0 Å². The van der Waals surface area contributed by atoms with Gasteiger partial charge in [-0.1, -0.05) is 55.6 Å². The molecule has 0 aliphatic carbocycles. The molecule has 0 aliphatic heterocycles. The van der Waals surface area contributed by atoms with Gasteiger partial charge < -0.3 is 14.4 Å². The molecule has 0 N–H and O–H groups in total. The summed E-state index contributed by atoms with van der Waals surface area (Å²) in [5.74, 6) is -0.893. The SMILES string of the molecule is C=CC(=O)OCCc1ccc(N(CCOC(=O)C=C)c2ccc(C=NN(C)c3ccccc3)cc2)cc1. The van der Waals surface area contributed by atoms with Crippen LogP contribution in [0.25, 0.3) is 0 Å². The summed E-state index contributed by atoms with van der Waals surface area (Å²) in [5.41, 5.74) is 4.86. The van der Waals surface area contributed by atoms with Crippen molar-refractivity contribution in [2.45, 2.75) is 6.42 Å². The molecule has 0 radical (unpaired) electrons. The third-order valence-electron chi connectivity index (χ3n) is 5.49. The molecule has 0 unspecified atom stereocenters. The maximum Gasteiger partial charge on any atom is 0.330 e. The number of rotatable bonds is 13. The molecule has 0 bridgehead atoms.